The maximum absolute atomic E-state index is 12.5. The molecular weight excluding hydrogens is 356 g/mol. The van der Waals surface area contributed by atoms with Crippen LogP contribution in [0.1, 0.15) is 42.3 Å². The van der Waals surface area contributed by atoms with Crippen LogP contribution in [0.2, 0.25) is 0 Å². The summed E-state index contributed by atoms with van der Waals surface area (Å²) in [6.07, 6.45) is 1.69. The van der Waals surface area contributed by atoms with Crippen LogP contribution in [-0.2, 0) is 17.6 Å². The number of nitrogens with one attached hydrogen (secondary N) is 1. The Balaban J connectivity index is 1.70. The highest BCUT2D eigenvalue weighted by atomic mass is 16.7. The average molecular weight is 382 g/mol. The van der Waals surface area contributed by atoms with Crippen LogP contribution in [0.3, 0.4) is 0 Å². The van der Waals surface area contributed by atoms with Crippen LogP contribution >= 0.6 is 0 Å². The summed E-state index contributed by atoms with van der Waals surface area (Å²) >= 11 is 0. The fourth-order valence-corrected chi connectivity index (χ4v) is 3.41. The van der Waals surface area contributed by atoms with Crippen molar-refractivity contribution in [1.82, 2.24) is 5.32 Å². The molecule has 2 aromatic carbocycles. The van der Waals surface area contributed by atoms with Crippen molar-refractivity contribution >= 4 is 17.5 Å². The second-order valence-corrected chi connectivity index (χ2v) is 6.63. The number of para-hydroxylation sites is 1. The van der Waals surface area contributed by atoms with Gasteiger partial charge in [-0.2, -0.15) is 0 Å². The molecule has 0 unspecified atom stereocenters. The first-order chi connectivity index (χ1) is 13.5. The largest absolute Gasteiger partial charge is 0.454 e. The summed E-state index contributed by atoms with van der Waals surface area (Å²) in [4.78, 5) is 26.6. The van der Waals surface area contributed by atoms with Crippen LogP contribution in [0, 0.1) is 0 Å². The number of benzene rings is 2. The van der Waals surface area contributed by atoms with Crippen molar-refractivity contribution in [1.29, 1.82) is 0 Å². The first kappa shape index (κ1) is 19.7. The number of ether oxygens (including phenoxy) is 2. The molecule has 0 saturated heterocycles. The zero-order valence-electron chi connectivity index (χ0n) is 16.6. The number of rotatable bonds is 7. The molecule has 3 rings (SSSR count). The molecule has 0 saturated carbocycles. The number of fused-ring (bicyclic) bond motifs is 1. The summed E-state index contributed by atoms with van der Waals surface area (Å²) in [6, 6.07) is 11.2. The van der Waals surface area contributed by atoms with E-state index in [1.54, 1.807) is 30.0 Å². The molecule has 0 bridgehead atoms. The molecule has 28 heavy (non-hydrogen) atoms. The van der Waals surface area contributed by atoms with E-state index in [0.717, 1.165) is 29.7 Å². The SMILES string of the molecule is CCc1cccc(CC)c1N(CCNC(=O)c1ccc2c(c1)OCO2)C(C)=O. The minimum atomic E-state index is -0.207. The minimum Gasteiger partial charge on any atom is -0.454 e. The molecule has 6 heteroatoms. The molecule has 1 heterocycles. The number of anilines is 1. The van der Waals surface area contributed by atoms with Gasteiger partial charge in [0, 0.05) is 25.6 Å². The van der Waals surface area contributed by atoms with Crippen LogP contribution in [-0.4, -0.2) is 31.7 Å². The molecule has 1 aliphatic rings. The summed E-state index contributed by atoms with van der Waals surface area (Å²) in [5, 5.41) is 2.89. The highest BCUT2D eigenvalue weighted by molar-refractivity contribution is 5.95. The molecule has 2 aromatic rings. The number of carbonyl (C=O) groups excluding carboxylic acids is 2. The quantitative estimate of drug-likeness (QED) is 0.798. The van der Waals surface area contributed by atoms with Crippen molar-refractivity contribution in [3.8, 4) is 11.5 Å². The second-order valence-electron chi connectivity index (χ2n) is 6.63. The highest BCUT2D eigenvalue weighted by Gasteiger charge is 2.19. The molecular formula is C22H26N2O4. The molecule has 1 N–H and O–H groups in total. The predicted octanol–water partition coefficient (Wildman–Crippen LogP) is 3.32. The van der Waals surface area contributed by atoms with Crippen LogP contribution in [0.4, 0.5) is 5.69 Å². The molecule has 0 radical (unpaired) electrons. The van der Waals surface area contributed by atoms with Gasteiger partial charge in [-0.25, -0.2) is 0 Å². The lowest BCUT2D eigenvalue weighted by Crippen LogP contribution is -2.38. The summed E-state index contributed by atoms with van der Waals surface area (Å²) in [6.45, 7) is 6.66. The third-order valence-electron chi connectivity index (χ3n) is 4.87. The normalized spacial score (nSPS) is 12.0. The van der Waals surface area contributed by atoms with Gasteiger partial charge in [0.15, 0.2) is 11.5 Å². The summed E-state index contributed by atoms with van der Waals surface area (Å²) in [5.74, 6) is 0.972. The van der Waals surface area contributed by atoms with E-state index in [-0.39, 0.29) is 18.6 Å². The Hall–Kier alpha value is -3.02. The van der Waals surface area contributed by atoms with Crippen LogP contribution < -0.4 is 19.7 Å². The lowest BCUT2D eigenvalue weighted by Gasteiger charge is -2.26. The van der Waals surface area contributed by atoms with Crippen LogP contribution in [0.15, 0.2) is 36.4 Å². The van der Waals surface area contributed by atoms with Crippen molar-refractivity contribution in [3.05, 3.63) is 53.1 Å². The number of hydrogen-bond donors (Lipinski definition) is 1. The van der Waals surface area contributed by atoms with Gasteiger partial charge in [-0.3, -0.25) is 9.59 Å². The van der Waals surface area contributed by atoms with E-state index < -0.39 is 0 Å². The Bertz CT molecular complexity index is 857. The topological polar surface area (TPSA) is 67.9 Å². The van der Waals surface area contributed by atoms with Gasteiger partial charge in [-0.05, 0) is 42.2 Å². The highest BCUT2D eigenvalue weighted by Crippen LogP contribution is 2.32. The average Bonchev–Trinajstić information content (AvgIpc) is 3.18. The molecule has 0 atom stereocenters. The maximum Gasteiger partial charge on any atom is 0.251 e. The van der Waals surface area contributed by atoms with E-state index in [0.29, 0.717) is 30.2 Å². The summed E-state index contributed by atoms with van der Waals surface area (Å²) < 4.78 is 10.6. The molecule has 2 amide bonds. The molecule has 0 aliphatic carbocycles. The third-order valence-corrected chi connectivity index (χ3v) is 4.87. The van der Waals surface area contributed by atoms with Gasteiger partial charge in [0.2, 0.25) is 12.7 Å². The van der Waals surface area contributed by atoms with Crippen molar-refractivity contribution in [2.45, 2.75) is 33.6 Å². The van der Waals surface area contributed by atoms with E-state index >= 15 is 0 Å². The fraction of sp³-hybridized carbons (Fsp3) is 0.364. The Morgan fingerprint density at radius 3 is 2.36 bits per heavy atom. The number of carbonyl (C=O) groups is 2. The Morgan fingerprint density at radius 2 is 1.71 bits per heavy atom. The van der Waals surface area contributed by atoms with E-state index in [2.05, 4.69) is 31.3 Å². The molecule has 0 aromatic heterocycles. The maximum atomic E-state index is 12.5. The van der Waals surface area contributed by atoms with Gasteiger partial charge in [0.05, 0.1) is 5.69 Å². The predicted molar refractivity (Wildman–Crippen MR) is 108 cm³/mol. The van der Waals surface area contributed by atoms with Crippen molar-refractivity contribution in [2.75, 3.05) is 24.8 Å². The van der Waals surface area contributed by atoms with Crippen molar-refractivity contribution in [2.24, 2.45) is 0 Å². The van der Waals surface area contributed by atoms with E-state index in [9.17, 15) is 9.59 Å². The fourth-order valence-electron chi connectivity index (χ4n) is 3.41. The number of amides is 2. The van der Waals surface area contributed by atoms with E-state index in [1.165, 1.54) is 0 Å². The van der Waals surface area contributed by atoms with Gasteiger partial charge >= 0.3 is 0 Å². The zero-order chi connectivity index (χ0) is 20.1. The zero-order valence-corrected chi connectivity index (χ0v) is 16.6. The molecule has 0 fully saturated rings. The van der Waals surface area contributed by atoms with Crippen LogP contribution in [0.25, 0.3) is 0 Å². The van der Waals surface area contributed by atoms with Crippen molar-refractivity contribution in [3.63, 3.8) is 0 Å². The second kappa shape index (κ2) is 8.78. The molecule has 0 spiro atoms. The smallest absolute Gasteiger partial charge is 0.251 e. The lowest BCUT2D eigenvalue weighted by atomic mass is 10.0. The lowest BCUT2D eigenvalue weighted by molar-refractivity contribution is -0.116. The van der Waals surface area contributed by atoms with Gasteiger partial charge in [-0.1, -0.05) is 32.0 Å². The van der Waals surface area contributed by atoms with Crippen LogP contribution in [0.5, 0.6) is 11.5 Å². The van der Waals surface area contributed by atoms with E-state index in [1.807, 2.05) is 6.07 Å². The summed E-state index contributed by atoms with van der Waals surface area (Å²) in [5.41, 5.74) is 3.74. The first-order valence-electron chi connectivity index (χ1n) is 9.61. The van der Waals surface area contributed by atoms with E-state index in [4.69, 9.17) is 9.47 Å². The van der Waals surface area contributed by atoms with Gasteiger partial charge in [0.25, 0.3) is 5.91 Å². The Kier molecular flexibility index (Phi) is 6.19. The van der Waals surface area contributed by atoms with Crippen molar-refractivity contribution < 1.29 is 19.1 Å². The number of nitrogens with zero attached hydrogens (tertiary/aromatic N) is 1. The van der Waals surface area contributed by atoms with Gasteiger partial charge < -0.3 is 19.7 Å². The standard InChI is InChI=1S/C22H26N2O4/c1-4-16-7-6-8-17(5-2)21(16)24(15(3)25)12-11-23-22(26)18-9-10-19-20(13-18)28-14-27-19/h6-10,13H,4-5,11-12,14H2,1-3H3,(H,23,26). The molecule has 6 nitrogen and oxygen atoms in total. The number of aryl methyl sites for hydroxylation is 2. The van der Waals surface area contributed by atoms with Gasteiger partial charge in [0.1, 0.15) is 0 Å². The monoisotopic (exact) mass is 382 g/mol. The molecule has 148 valence electrons. The third kappa shape index (κ3) is 4.11. The molecule has 1 aliphatic heterocycles. The first-order valence-corrected chi connectivity index (χ1v) is 9.61. The Labute approximate surface area is 165 Å². The number of hydrogen-bond acceptors (Lipinski definition) is 4. The summed E-state index contributed by atoms with van der Waals surface area (Å²) in [7, 11) is 0. The van der Waals surface area contributed by atoms with Gasteiger partial charge in [-0.15, -0.1) is 0 Å². The minimum absolute atomic E-state index is 0.0343. The Morgan fingerprint density at radius 1 is 1.04 bits per heavy atom.